The van der Waals surface area contributed by atoms with Gasteiger partial charge in [-0.2, -0.15) is 5.10 Å². The molecule has 1 aliphatic carbocycles. The summed E-state index contributed by atoms with van der Waals surface area (Å²) in [6.45, 7) is 5.26. The quantitative estimate of drug-likeness (QED) is 0.667. The molecule has 5 nitrogen and oxygen atoms in total. The Morgan fingerprint density at radius 1 is 1.17 bits per heavy atom. The molecule has 0 saturated heterocycles. The smallest absolute Gasteiger partial charge is 0.225 e. The van der Waals surface area contributed by atoms with Crippen molar-refractivity contribution in [1.82, 2.24) is 15.1 Å². The van der Waals surface area contributed by atoms with Gasteiger partial charge in [-0.1, -0.05) is 62.4 Å². The second-order valence-electron chi connectivity index (χ2n) is 8.84. The number of amides is 1. The molecule has 0 spiro atoms. The van der Waals surface area contributed by atoms with Crippen LogP contribution in [0, 0.1) is 5.41 Å². The highest BCUT2D eigenvalue weighted by Gasteiger charge is 2.35. The van der Waals surface area contributed by atoms with Crippen LogP contribution in [0.4, 0.5) is 0 Å². The average molecular weight is 404 g/mol. The highest BCUT2D eigenvalue weighted by atomic mass is 16.5. The van der Waals surface area contributed by atoms with Crippen LogP contribution < -0.4 is 10.1 Å². The zero-order valence-corrected chi connectivity index (χ0v) is 17.9. The monoisotopic (exact) mass is 403 g/mol. The van der Waals surface area contributed by atoms with Crippen LogP contribution in [0.1, 0.15) is 48.7 Å². The summed E-state index contributed by atoms with van der Waals surface area (Å²) in [5, 5.41) is 7.93. The fourth-order valence-electron chi connectivity index (χ4n) is 4.39. The van der Waals surface area contributed by atoms with E-state index in [0.717, 1.165) is 36.3 Å². The van der Waals surface area contributed by atoms with Crippen LogP contribution >= 0.6 is 0 Å². The molecule has 0 bridgehead atoms. The number of aromatic nitrogens is 2. The van der Waals surface area contributed by atoms with E-state index in [0.29, 0.717) is 6.42 Å². The first-order chi connectivity index (χ1) is 14.4. The molecular weight excluding hydrogens is 374 g/mol. The van der Waals surface area contributed by atoms with Gasteiger partial charge in [0.25, 0.3) is 0 Å². The molecule has 0 fully saturated rings. The Hall–Kier alpha value is -3.08. The Morgan fingerprint density at radius 2 is 1.90 bits per heavy atom. The van der Waals surface area contributed by atoms with Crippen molar-refractivity contribution in [2.75, 3.05) is 7.11 Å². The van der Waals surface area contributed by atoms with Gasteiger partial charge < -0.3 is 10.1 Å². The van der Waals surface area contributed by atoms with Crippen molar-refractivity contribution in [3.05, 3.63) is 83.2 Å². The van der Waals surface area contributed by atoms with Crippen LogP contribution in [-0.4, -0.2) is 22.8 Å². The SMILES string of the molecule is COc1ccccc1CC(=O)N[C@@H]1CC(C)(C)Cc2c1cnn2Cc1ccccc1. The average Bonchev–Trinajstić information content (AvgIpc) is 3.10. The molecule has 0 unspecified atom stereocenters. The summed E-state index contributed by atoms with van der Waals surface area (Å²) in [7, 11) is 1.63. The van der Waals surface area contributed by atoms with Gasteiger partial charge in [0.05, 0.1) is 32.3 Å². The third kappa shape index (κ3) is 4.40. The molecule has 1 atom stereocenters. The molecule has 1 amide bonds. The summed E-state index contributed by atoms with van der Waals surface area (Å²) in [5.41, 5.74) is 4.57. The lowest BCUT2D eigenvalue weighted by molar-refractivity contribution is -0.121. The Bertz CT molecular complexity index is 1020. The number of para-hydroxylation sites is 1. The van der Waals surface area contributed by atoms with Crippen LogP contribution in [0.2, 0.25) is 0 Å². The number of nitrogens with zero attached hydrogens (tertiary/aromatic N) is 2. The summed E-state index contributed by atoms with van der Waals surface area (Å²) in [6.07, 6.45) is 4.08. The van der Waals surface area contributed by atoms with Gasteiger partial charge in [0.15, 0.2) is 0 Å². The molecule has 2 aromatic carbocycles. The summed E-state index contributed by atoms with van der Waals surface area (Å²) >= 11 is 0. The molecule has 0 radical (unpaired) electrons. The fourth-order valence-corrected chi connectivity index (χ4v) is 4.39. The molecule has 3 aromatic rings. The van der Waals surface area contributed by atoms with E-state index in [1.54, 1.807) is 7.11 Å². The lowest BCUT2D eigenvalue weighted by Crippen LogP contribution is -2.37. The molecule has 1 aliphatic rings. The van der Waals surface area contributed by atoms with Crippen molar-refractivity contribution in [2.45, 2.75) is 45.7 Å². The number of carbonyl (C=O) groups excluding carboxylic acids is 1. The lowest BCUT2D eigenvalue weighted by Gasteiger charge is -2.36. The second-order valence-corrected chi connectivity index (χ2v) is 8.84. The zero-order valence-electron chi connectivity index (χ0n) is 17.9. The van der Waals surface area contributed by atoms with Gasteiger partial charge >= 0.3 is 0 Å². The maximum Gasteiger partial charge on any atom is 0.225 e. The van der Waals surface area contributed by atoms with E-state index < -0.39 is 0 Å². The number of benzene rings is 2. The molecule has 1 heterocycles. The second kappa shape index (κ2) is 8.34. The van der Waals surface area contributed by atoms with Gasteiger partial charge in [0.1, 0.15) is 5.75 Å². The minimum absolute atomic E-state index is 0.00367. The fraction of sp³-hybridized carbons (Fsp3) is 0.360. The number of ether oxygens (including phenoxy) is 1. The van der Waals surface area contributed by atoms with E-state index in [9.17, 15) is 4.79 Å². The van der Waals surface area contributed by atoms with Gasteiger partial charge in [0, 0.05) is 16.8 Å². The summed E-state index contributed by atoms with van der Waals surface area (Å²) in [4.78, 5) is 12.9. The van der Waals surface area contributed by atoms with Crippen molar-refractivity contribution in [1.29, 1.82) is 0 Å². The van der Waals surface area contributed by atoms with Crippen molar-refractivity contribution in [3.63, 3.8) is 0 Å². The van der Waals surface area contributed by atoms with Crippen LogP contribution in [0.15, 0.2) is 60.8 Å². The summed E-state index contributed by atoms with van der Waals surface area (Å²) in [5.74, 6) is 0.747. The Labute approximate surface area is 178 Å². The molecule has 1 aromatic heterocycles. The zero-order chi connectivity index (χ0) is 21.1. The first-order valence-corrected chi connectivity index (χ1v) is 10.4. The minimum Gasteiger partial charge on any atom is -0.496 e. The highest BCUT2D eigenvalue weighted by molar-refractivity contribution is 5.79. The van der Waals surface area contributed by atoms with Crippen LogP contribution in [0.3, 0.4) is 0 Å². The molecule has 1 N–H and O–H groups in total. The molecule has 5 heteroatoms. The molecule has 156 valence electrons. The maximum atomic E-state index is 12.9. The molecular formula is C25H29N3O2. The number of rotatable bonds is 6. The normalized spacial score (nSPS) is 17.2. The van der Waals surface area contributed by atoms with Gasteiger partial charge in [-0.3, -0.25) is 9.48 Å². The van der Waals surface area contributed by atoms with Crippen LogP contribution in [0.25, 0.3) is 0 Å². The van der Waals surface area contributed by atoms with E-state index in [1.165, 1.54) is 11.3 Å². The standard InChI is InChI=1S/C25H29N3O2/c1-25(2)14-21(27-24(29)13-19-11-7-8-12-23(19)30-3)20-16-26-28(22(20)15-25)17-18-9-5-4-6-10-18/h4-12,16,21H,13-15,17H2,1-3H3,(H,27,29)/t21-/m1/s1. The maximum absolute atomic E-state index is 12.9. The van der Waals surface area contributed by atoms with Gasteiger partial charge in [-0.05, 0) is 29.9 Å². The Morgan fingerprint density at radius 3 is 2.67 bits per heavy atom. The molecule has 30 heavy (non-hydrogen) atoms. The van der Waals surface area contributed by atoms with E-state index in [1.807, 2.05) is 36.5 Å². The van der Waals surface area contributed by atoms with Gasteiger partial charge in [-0.25, -0.2) is 0 Å². The predicted molar refractivity (Wildman–Crippen MR) is 117 cm³/mol. The number of hydrogen-bond acceptors (Lipinski definition) is 3. The highest BCUT2D eigenvalue weighted by Crippen LogP contribution is 2.41. The molecule has 0 saturated carbocycles. The topological polar surface area (TPSA) is 56.1 Å². The number of carbonyl (C=O) groups is 1. The third-order valence-electron chi connectivity index (χ3n) is 5.81. The van der Waals surface area contributed by atoms with Crippen molar-refractivity contribution >= 4 is 5.91 Å². The number of hydrogen-bond donors (Lipinski definition) is 1. The lowest BCUT2D eigenvalue weighted by atomic mass is 9.74. The van der Waals surface area contributed by atoms with Gasteiger partial charge in [-0.15, -0.1) is 0 Å². The largest absolute Gasteiger partial charge is 0.496 e. The first kappa shape index (κ1) is 20.2. The van der Waals surface area contributed by atoms with Crippen molar-refractivity contribution in [3.8, 4) is 5.75 Å². The third-order valence-corrected chi connectivity index (χ3v) is 5.81. The molecule has 4 rings (SSSR count). The molecule has 0 aliphatic heterocycles. The van der Waals surface area contributed by atoms with Crippen molar-refractivity contribution in [2.24, 2.45) is 5.41 Å². The van der Waals surface area contributed by atoms with Gasteiger partial charge in [0.2, 0.25) is 5.91 Å². The number of nitrogens with one attached hydrogen (secondary N) is 1. The summed E-state index contributed by atoms with van der Waals surface area (Å²) in [6, 6.07) is 18.0. The van der Waals surface area contributed by atoms with E-state index in [4.69, 9.17) is 4.74 Å². The Balaban J connectivity index is 1.54. The predicted octanol–water partition coefficient (Wildman–Crippen LogP) is 4.31. The first-order valence-electron chi connectivity index (χ1n) is 10.4. The van der Waals surface area contributed by atoms with E-state index >= 15 is 0 Å². The van der Waals surface area contributed by atoms with Crippen LogP contribution in [-0.2, 0) is 24.2 Å². The number of fused-ring (bicyclic) bond motifs is 1. The van der Waals surface area contributed by atoms with E-state index in [2.05, 4.69) is 53.2 Å². The Kier molecular flexibility index (Phi) is 5.62. The van der Waals surface area contributed by atoms with E-state index in [-0.39, 0.29) is 17.4 Å². The summed E-state index contributed by atoms with van der Waals surface area (Å²) < 4.78 is 7.48. The van der Waals surface area contributed by atoms with Crippen LogP contribution in [0.5, 0.6) is 5.75 Å². The number of methoxy groups -OCH3 is 1. The minimum atomic E-state index is -0.0320. The van der Waals surface area contributed by atoms with Crippen molar-refractivity contribution < 1.29 is 9.53 Å².